The number of benzene rings is 1. The SMILES string of the molecule is Cc1cccc(C(Br)c2cc(Br)c(Br)s2)c1C. The zero-order valence-corrected chi connectivity index (χ0v) is 15.0. The second kappa shape index (κ2) is 5.55. The Bertz CT molecular complexity index is 526. The normalized spacial score (nSPS) is 12.8. The second-order valence-corrected chi connectivity index (χ2v) is 8.09. The van der Waals surface area contributed by atoms with E-state index >= 15 is 0 Å². The van der Waals surface area contributed by atoms with E-state index in [9.17, 15) is 0 Å². The number of halogens is 3. The summed E-state index contributed by atoms with van der Waals surface area (Å²) >= 11 is 12.6. The molecule has 0 saturated carbocycles. The lowest BCUT2D eigenvalue weighted by Crippen LogP contribution is -1.95. The minimum atomic E-state index is 0.259. The summed E-state index contributed by atoms with van der Waals surface area (Å²) in [6.45, 7) is 4.33. The summed E-state index contributed by atoms with van der Waals surface area (Å²) in [5.41, 5.74) is 4.03. The molecule has 0 aliphatic heterocycles. The van der Waals surface area contributed by atoms with Crippen LogP contribution >= 0.6 is 59.1 Å². The Morgan fingerprint density at radius 1 is 1.18 bits per heavy atom. The number of thiophene rings is 1. The smallest absolute Gasteiger partial charge is 0.0843 e. The Hall–Kier alpha value is 0.360. The fraction of sp³-hybridized carbons (Fsp3) is 0.231. The van der Waals surface area contributed by atoms with E-state index in [1.54, 1.807) is 11.3 Å². The van der Waals surface area contributed by atoms with Crippen molar-refractivity contribution in [2.24, 2.45) is 0 Å². The van der Waals surface area contributed by atoms with Crippen LogP contribution in [0.3, 0.4) is 0 Å². The molecule has 0 amide bonds. The Labute approximate surface area is 131 Å². The Morgan fingerprint density at radius 2 is 1.88 bits per heavy atom. The molecule has 0 spiro atoms. The minimum absolute atomic E-state index is 0.259. The van der Waals surface area contributed by atoms with Crippen LogP contribution in [-0.4, -0.2) is 0 Å². The summed E-state index contributed by atoms with van der Waals surface area (Å²) in [5, 5.41) is 0. The van der Waals surface area contributed by atoms with E-state index in [2.05, 4.69) is 85.9 Å². The molecule has 0 aliphatic rings. The summed E-state index contributed by atoms with van der Waals surface area (Å²) in [4.78, 5) is 1.56. The number of rotatable bonds is 2. The third-order valence-electron chi connectivity index (χ3n) is 2.83. The quantitative estimate of drug-likeness (QED) is 0.477. The summed E-state index contributed by atoms with van der Waals surface area (Å²) in [5.74, 6) is 0. The van der Waals surface area contributed by atoms with Crippen molar-refractivity contribution in [1.82, 2.24) is 0 Å². The van der Waals surface area contributed by atoms with E-state index in [4.69, 9.17) is 0 Å². The molecule has 4 heteroatoms. The van der Waals surface area contributed by atoms with Crippen molar-refractivity contribution in [1.29, 1.82) is 0 Å². The van der Waals surface area contributed by atoms with Gasteiger partial charge in [-0.25, -0.2) is 0 Å². The summed E-state index contributed by atoms with van der Waals surface area (Å²) in [6.07, 6.45) is 0. The summed E-state index contributed by atoms with van der Waals surface area (Å²) in [6, 6.07) is 8.61. The average Bonchev–Trinajstić information content (AvgIpc) is 2.62. The zero-order valence-electron chi connectivity index (χ0n) is 9.43. The first-order chi connectivity index (χ1) is 8.00. The van der Waals surface area contributed by atoms with Crippen molar-refractivity contribution in [3.63, 3.8) is 0 Å². The van der Waals surface area contributed by atoms with Gasteiger partial charge in [-0.05, 0) is 68.5 Å². The zero-order chi connectivity index (χ0) is 12.6. The van der Waals surface area contributed by atoms with Crippen LogP contribution in [0.2, 0.25) is 0 Å². The van der Waals surface area contributed by atoms with Gasteiger partial charge in [0, 0.05) is 9.35 Å². The van der Waals surface area contributed by atoms with Crippen molar-refractivity contribution in [3.8, 4) is 0 Å². The number of hydrogen-bond acceptors (Lipinski definition) is 1. The molecule has 17 heavy (non-hydrogen) atoms. The molecule has 2 aromatic rings. The number of alkyl halides is 1. The molecule has 1 atom stereocenters. The van der Waals surface area contributed by atoms with E-state index < -0.39 is 0 Å². The predicted molar refractivity (Wildman–Crippen MR) is 86.4 cm³/mol. The van der Waals surface area contributed by atoms with Crippen LogP contribution in [0.4, 0.5) is 0 Å². The Morgan fingerprint density at radius 3 is 2.47 bits per heavy atom. The van der Waals surface area contributed by atoms with Crippen LogP contribution in [-0.2, 0) is 0 Å². The Balaban J connectivity index is 2.43. The highest BCUT2D eigenvalue weighted by Crippen LogP contribution is 2.42. The van der Waals surface area contributed by atoms with Gasteiger partial charge < -0.3 is 0 Å². The van der Waals surface area contributed by atoms with Crippen LogP contribution in [0.25, 0.3) is 0 Å². The number of aryl methyl sites for hydroxylation is 1. The molecule has 1 aromatic heterocycles. The largest absolute Gasteiger partial charge is 0.131 e. The predicted octanol–water partition coefficient (Wildman–Crippen LogP) is 6.37. The highest BCUT2D eigenvalue weighted by molar-refractivity contribution is 9.13. The molecule has 0 nitrogen and oxygen atoms in total. The molecule has 0 fully saturated rings. The highest BCUT2D eigenvalue weighted by Gasteiger charge is 2.17. The lowest BCUT2D eigenvalue weighted by atomic mass is 10.0. The fourth-order valence-corrected chi connectivity index (χ4v) is 4.69. The maximum Gasteiger partial charge on any atom is 0.0843 e. The van der Waals surface area contributed by atoms with Crippen LogP contribution < -0.4 is 0 Å². The molecule has 90 valence electrons. The van der Waals surface area contributed by atoms with Gasteiger partial charge in [-0.15, -0.1) is 11.3 Å². The summed E-state index contributed by atoms with van der Waals surface area (Å²) in [7, 11) is 0. The molecule has 2 rings (SSSR count). The topological polar surface area (TPSA) is 0 Å². The van der Waals surface area contributed by atoms with Crippen molar-refractivity contribution in [2.75, 3.05) is 0 Å². The standard InChI is InChI=1S/C13H11Br3S/c1-7-4-3-5-9(8(7)2)12(15)11-6-10(14)13(16)17-11/h3-6,12H,1-2H3. The molecule has 0 saturated heterocycles. The van der Waals surface area contributed by atoms with Crippen molar-refractivity contribution >= 4 is 59.1 Å². The van der Waals surface area contributed by atoms with E-state index in [0.717, 1.165) is 8.26 Å². The van der Waals surface area contributed by atoms with Gasteiger partial charge in [0.25, 0.3) is 0 Å². The van der Waals surface area contributed by atoms with Gasteiger partial charge in [0.2, 0.25) is 0 Å². The molecule has 0 bridgehead atoms. The monoisotopic (exact) mass is 436 g/mol. The molecule has 0 N–H and O–H groups in total. The van der Waals surface area contributed by atoms with E-state index in [-0.39, 0.29) is 4.83 Å². The first kappa shape index (κ1) is 13.8. The van der Waals surface area contributed by atoms with Crippen LogP contribution in [0, 0.1) is 13.8 Å². The minimum Gasteiger partial charge on any atom is -0.131 e. The molecule has 1 unspecified atom stereocenters. The number of hydrogen-bond donors (Lipinski definition) is 0. The van der Waals surface area contributed by atoms with Gasteiger partial charge in [0.1, 0.15) is 0 Å². The van der Waals surface area contributed by atoms with E-state index in [1.165, 1.54) is 21.6 Å². The van der Waals surface area contributed by atoms with Crippen molar-refractivity contribution in [2.45, 2.75) is 18.7 Å². The molecule has 0 radical (unpaired) electrons. The van der Waals surface area contributed by atoms with Crippen molar-refractivity contribution in [3.05, 3.63) is 54.1 Å². The third kappa shape index (κ3) is 2.86. The van der Waals surface area contributed by atoms with Gasteiger partial charge in [-0.2, -0.15) is 0 Å². The van der Waals surface area contributed by atoms with Crippen molar-refractivity contribution < 1.29 is 0 Å². The molecular formula is C13H11Br3S. The van der Waals surface area contributed by atoms with Crippen LogP contribution in [0.1, 0.15) is 26.4 Å². The molecule has 1 heterocycles. The van der Waals surface area contributed by atoms with Gasteiger partial charge >= 0.3 is 0 Å². The molecular weight excluding hydrogens is 428 g/mol. The highest BCUT2D eigenvalue weighted by atomic mass is 79.9. The second-order valence-electron chi connectivity index (χ2n) is 3.92. The maximum atomic E-state index is 3.80. The first-order valence-corrected chi connectivity index (χ1v) is 8.47. The van der Waals surface area contributed by atoms with Gasteiger partial charge in [0.05, 0.1) is 8.61 Å². The summed E-state index contributed by atoms with van der Waals surface area (Å²) < 4.78 is 2.26. The average molecular weight is 439 g/mol. The lowest BCUT2D eigenvalue weighted by molar-refractivity contribution is 1.15. The third-order valence-corrected chi connectivity index (χ3v) is 7.44. The fourth-order valence-electron chi connectivity index (χ4n) is 1.69. The van der Waals surface area contributed by atoms with Gasteiger partial charge in [-0.3, -0.25) is 0 Å². The molecule has 0 aliphatic carbocycles. The van der Waals surface area contributed by atoms with Crippen LogP contribution in [0.15, 0.2) is 32.5 Å². The van der Waals surface area contributed by atoms with Gasteiger partial charge in [0.15, 0.2) is 0 Å². The molecule has 1 aromatic carbocycles. The van der Waals surface area contributed by atoms with Gasteiger partial charge in [-0.1, -0.05) is 34.1 Å². The first-order valence-electron chi connectivity index (χ1n) is 5.15. The maximum absolute atomic E-state index is 3.80. The van der Waals surface area contributed by atoms with E-state index in [0.29, 0.717) is 0 Å². The lowest BCUT2D eigenvalue weighted by Gasteiger charge is -2.13. The Kier molecular flexibility index (Phi) is 4.50. The van der Waals surface area contributed by atoms with Crippen LogP contribution in [0.5, 0.6) is 0 Å². The van der Waals surface area contributed by atoms with E-state index in [1.807, 2.05) is 0 Å².